The molecular weight excluding hydrogens is 320 g/mol. The molecule has 0 radical (unpaired) electrons. The van der Waals surface area contributed by atoms with Gasteiger partial charge < -0.3 is 9.47 Å². The first-order valence-corrected chi connectivity index (χ1v) is 6.45. The fourth-order valence-electron chi connectivity index (χ4n) is 1.32. The van der Waals surface area contributed by atoms with Crippen LogP contribution in [0.2, 0.25) is 5.15 Å². The molecule has 18 heavy (non-hydrogen) atoms. The number of aromatic nitrogens is 2. The summed E-state index contributed by atoms with van der Waals surface area (Å²) in [7, 11) is 0. The van der Waals surface area contributed by atoms with E-state index in [1.807, 2.05) is 25.1 Å². The molecule has 0 unspecified atom stereocenters. The van der Waals surface area contributed by atoms with Crippen LogP contribution >= 0.6 is 27.5 Å². The van der Waals surface area contributed by atoms with Gasteiger partial charge in [0.15, 0.2) is 16.7 Å². The molecule has 0 spiro atoms. The minimum atomic E-state index is 0.300. The van der Waals surface area contributed by atoms with Gasteiger partial charge >= 0.3 is 0 Å². The molecule has 0 amide bonds. The van der Waals surface area contributed by atoms with Gasteiger partial charge in [-0.15, -0.1) is 0 Å². The van der Waals surface area contributed by atoms with Crippen molar-refractivity contribution < 1.29 is 9.47 Å². The van der Waals surface area contributed by atoms with E-state index in [2.05, 4.69) is 25.9 Å². The summed E-state index contributed by atoms with van der Waals surface area (Å²) >= 11 is 9.15. The molecule has 0 aliphatic carbocycles. The molecule has 0 fully saturated rings. The minimum Gasteiger partial charge on any atom is -0.490 e. The number of hydrogen-bond donors (Lipinski definition) is 0. The smallest absolute Gasteiger partial charge is 0.238 e. The second-order valence-corrected chi connectivity index (χ2v) is 4.42. The Balaban J connectivity index is 2.31. The summed E-state index contributed by atoms with van der Waals surface area (Å²) in [5.74, 6) is 1.58. The Morgan fingerprint density at radius 3 is 2.67 bits per heavy atom. The summed E-state index contributed by atoms with van der Waals surface area (Å²) in [5, 5.41) is 0.300. The molecule has 1 aromatic carbocycles. The molecule has 1 heterocycles. The average Bonchev–Trinajstić information content (AvgIpc) is 2.37. The van der Waals surface area contributed by atoms with E-state index < -0.39 is 0 Å². The maximum atomic E-state index is 5.87. The highest BCUT2D eigenvalue weighted by Gasteiger charge is 2.11. The molecule has 0 aliphatic rings. The van der Waals surface area contributed by atoms with Crippen molar-refractivity contribution in [2.45, 2.75) is 6.92 Å². The summed E-state index contributed by atoms with van der Waals surface area (Å²) in [6.07, 6.45) is 1.34. The lowest BCUT2D eigenvalue weighted by Gasteiger charge is -2.11. The zero-order valence-corrected chi connectivity index (χ0v) is 11.9. The van der Waals surface area contributed by atoms with Crippen molar-refractivity contribution in [3.05, 3.63) is 40.2 Å². The lowest BCUT2D eigenvalue weighted by Crippen LogP contribution is -1.96. The molecule has 2 aromatic rings. The van der Waals surface area contributed by atoms with Crippen molar-refractivity contribution in [3.63, 3.8) is 0 Å². The van der Waals surface area contributed by atoms with Crippen LogP contribution in [0.4, 0.5) is 0 Å². The van der Waals surface area contributed by atoms with Crippen molar-refractivity contribution >= 4 is 27.5 Å². The SMILES string of the molecule is CCOc1ccccc1Oc1ncnc(Cl)c1Br. The summed E-state index contributed by atoms with van der Waals surface area (Å²) < 4.78 is 11.6. The Morgan fingerprint density at radius 1 is 1.22 bits per heavy atom. The predicted molar refractivity (Wildman–Crippen MR) is 72.4 cm³/mol. The van der Waals surface area contributed by atoms with Gasteiger partial charge in [-0.25, -0.2) is 9.97 Å². The molecule has 0 atom stereocenters. The van der Waals surface area contributed by atoms with Crippen LogP contribution in [0.1, 0.15) is 6.92 Å². The molecule has 0 saturated carbocycles. The highest BCUT2D eigenvalue weighted by molar-refractivity contribution is 9.10. The van der Waals surface area contributed by atoms with Gasteiger partial charge in [0.1, 0.15) is 10.8 Å². The van der Waals surface area contributed by atoms with E-state index in [1.165, 1.54) is 6.33 Å². The van der Waals surface area contributed by atoms with Crippen LogP contribution in [0.25, 0.3) is 0 Å². The van der Waals surface area contributed by atoms with Crippen LogP contribution in [0.5, 0.6) is 17.4 Å². The Bertz CT molecular complexity index is 551. The summed E-state index contributed by atoms with van der Waals surface area (Å²) in [5.41, 5.74) is 0. The fourth-order valence-corrected chi connectivity index (χ4v) is 1.73. The number of rotatable bonds is 4. The van der Waals surface area contributed by atoms with E-state index in [9.17, 15) is 0 Å². The van der Waals surface area contributed by atoms with Crippen LogP contribution < -0.4 is 9.47 Å². The molecule has 2 rings (SSSR count). The summed E-state index contributed by atoms with van der Waals surface area (Å²) in [6, 6.07) is 7.36. The Labute approximate surface area is 118 Å². The topological polar surface area (TPSA) is 44.2 Å². The van der Waals surface area contributed by atoms with E-state index >= 15 is 0 Å². The molecule has 0 bridgehead atoms. The van der Waals surface area contributed by atoms with Gasteiger partial charge in [-0.05, 0) is 35.0 Å². The van der Waals surface area contributed by atoms with Crippen LogP contribution in [-0.2, 0) is 0 Å². The van der Waals surface area contributed by atoms with Gasteiger partial charge in [0, 0.05) is 0 Å². The van der Waals surface area contributed by atoms with Gasteiger partial charge in [0.2, 0.25) is 5.88 Å². The zero-order chi connectivity index (χ0) is 13.0. The lowest BCUT2D eigenvalue weighted by atomic mass is 10.3. The van der Waals surface area contributed by atoms with Gasteiger partial charge in [0.05, 0.1) is 6.61 Å². The third-order valence-corrected chi connectivity index (χ3v) is 3.30. The van der Waals surface area contributed by atoms with Gasteiger partial charge in [-0.2, -0.15) is 0 Å². The van der Waals surface area contributed by atoms with Gasteiger partial charge in [-0.3, -0.25) is 0 Å². The van der Waals surface area contributed by atoms with E-state index in [1.54, 1.807) is 6.07 Å². The van der Waals surface area contributed by atoms with Crippen LogP contribution in [-0.4, -0.2) is 16.6 Å². The molecule has 4 nitrogen and oxygen atoms in total. The molecule has 0 N–H and O–H groups in total. The monoisotopic (exact) mass is 328 g/mol. The van der Waals surface area contributed by atoms with Gasteiger partial charge in [-0.1, -0.05) is 23.7 Å². The first kappa shape index (κ1) is 13.1. The fraction of sp³-hybridized carbons (Fsp3) is 0.167. The number of para-hydroxylation sites is 2. The second-order valence-electron chi connectivity index (χ2n) is 3.27. The van der Waals surface area contributed by atoms with Crippen molar-refractivity contribution in [1.82, 2.24) is 9.97 Å². The molecule has 0 saturated heterocycles. The van der Waals surface area contributed by atoms with Crippen LogP contribution in [0, 0.1) is 0 Å². The molecule has 1 aromatic heterocycles. The standard InChI is InChI=1S/C12H10BrClN2O2/c1-2-17-8-5-3-4-6-9(8)18-12-10(13)11(14)15-7-16-12/h3-7H,2H2,1H3. The maximum Gasteiger partial charge on any atom is 0.238 e. The minimum absolute atomic E-state index is 0.300. The first-order valence-electron chi connectivity index (χ1n) is 5.28. The number of hydrogen-bond acceptors (Lipinski definition) is 4. The zero-order valence-electron chi connectivity index (χ0n) is 9.56. The number of nitrogens with zero attached hydrogens (tertiary/aromatic N) is 2. The van der Waals surface area contributed by atoms with Crippen molar-refractivity contribution in [2.75, 3.05) is 6.61 Å². The van der Waals surface area contributed by atoms with E-state index in [-0.39, 0.29) is 0 Å². The molecule has 94 valence electrons. The van der Waals surface area contributed by atoms with Crippen molar-refractivity contribution in [3.8, 4) is 17.4 Å². The van der Waals surface area contributed by atoms with Crippen molar-refractivity contribution in [1.29, 1.82) is 0 Å². The predicted octanol–water partition coefficient (Wildman–Crippen LogP) is 4.08. The largest absolute Gasteiger partial charge is 0.490 e. The third-order valence-electron chi connectivity index (χ3n) is 2.07. The number of benzene rings is 1. The summed E-state index contributed by atoms with van der Waals surface area (Å²) in [4.78, 5) is 7.85. The van der Waals surface area contributed by atoms with E-state index in [0.29, 0.717) is 33.6 Å². The maximum absolute atomic E-state index is 5.87. The summed E-state index contributed by atoms with van der Waals surface area (Å²) in [6.45, 7) is 2.47. The Kier molecular flexibility index (Phi) is 4.38. The molecule has 0 aliphatic heterocycles. The first-order chi connectivity index (χ1) is 8.72. The van der Waals surface area contributed by atoms with E-state index in [0.717, 1.165) is 0 Å². The molecular formula is C12H10BrClN2O2. The number of ether oxygens (including phenoxy) is 2. The molecule has 6 heteroatoms. The third kappa shape index (κ3) is 2.91. The van der Waals surface area contributed by atoms with Crippen LogP contribution in [0.15, 0.2) is 35.1 Å². The normalized spacial score (nSPS) is 10.2. The quantitative estimate of drug-likeness (QED) is 0.793. The highest BCUT2D eigenvalue weighted by atomic mass is 79.9. The average molecular weight is 330 g/mol. The highest BCUT2D eigenvalue weighted by Crippen LogP contribution is 2.35. The van der Waals surface area contributed by atoms with E-state index in [4.69, 9.17) is 21.1 Å². The van der Waals surface area contributed by atoms with Crippen LogP contribution in [0.3, 0.4) is 0 Å². The Hall–Kier alpha value is -1.33. The lowest BCUT2D eigenvalue weighted by molar-refractivity contribution is 0.319. The second kappa shape index (κ2) is 6.02. The number of halogens is 2. The Morgan fingerprint density at radius 2 is 1.94 bits per heavy atom. The van der Waals surface area contributed by atoms with Gasteiger partial charge in [0.25, 0.3) is 0 Å². The van der Waals surface area contributed by atoms with Crippen molar-refractivity contribution in [2.24, 2.45) is 0 Å².